The molecule has 2 aliphatic rings. The number of ketones is 1. The van der Waals surface area contributed by atoms with Crippen LogP contribution >= 0.6 is 0 Å². The highest BCUT2D eigenvalue weighted by molar-refractivity contribution is 5.98. The summed E-state index contributed by atoms with van der Waals surface area (Å²) >= 11 is 0. The Kier molecular flexibility index (Phi) is 4.68. The number of rotatable bonds is 4. The summed E-state index contributed by atoms with van der Waals surface area (Å²) in [5.74, 6) is 0.212. The maximum absolute atomic E-state index is 12.6. The summed E-state index contributed by atoms with van der Waals surface area (Å²) < 4.78 is 10.7. The Morgan fingerprint density at radius 3 is 2.71 bits per heavy atom. The van der Waals surface area contributed by atoms with Crippen LogP contribution in [0.5, 0.6) is 11.5 Å². The molecule has 1 fully saturated rings. The van der Waals surface area contributed by atoms with E-state index in [0.29, 0.717) is 37.2 Å². The maximum Gasteiger partial charge on any atom is 0.412 e. The zero-order valence-corrected chi connectivity index (χ0v) is 15.6. The molecule has 28 heavy (non-hydrogen) atoms. The van der Waals surface area contributed by atoms with Crippen LogP contribution in [0, 0.1) is 0 Å². The molecule has 0 saturated carbocycles. The van der Waals surface area contributed by atoms with Gasteiger partial charge in [-0.15, -0.1) is 0 Å². The van der Waals surface area contributed by atoms with E-state index in [4.69, 9.17) is 9.47 Å². The van der Waals surface area contributed by atoms with Crippen molar-refractivity contribution in [3.63, 3.8) is 0 Å². The van der Waals surface area contributed by atoms with Crippen molar-refractivity contribution in [3.05, 3.63) is 53.6 Å². The number of phenolic OH excluding ortho intramolecular Hbond substituents is 1. The molecule has 2 aromatic rings. The number of benzene rings is 2. The second-order valence-corrected chi connectivity index (χ2v) is 7.14. The summed E-state index contributed by atoms with van der Waals surface area (Å²) in [5.41, 5.74) is 1.58. The van der Waals surface area contributed by atoms with E-state index in [1.54, 1.807) is 12.1 Å². The van der Waals surface area contributed by atoms with Gasteiger partial charge in [0.25, 0.3) is 0 Å². The molecule has 0 bridgehead atoms. The highest BCUT2D eigenvalue weighted by atomic mass is 16.6. The molecule has 0 aliphatic carbocycles. The number of fused-ring (bicyclic) bond motifs is 2. The van der Waals surface area contributed by atoms with Gasteiger partial charge in [0.2, 0.25) is 0 Å². The Hall–Kier alpha value is -3.06. The smallest absolute Gasteiger partial charge is 0.412 e. The second-order valence-electron chi connectivity index (χ2n) is 7.14. The minimum atomic E-state index is -0.642. The molecule has 4 rings (SSSR count). The molecule has 1 saturated heterocycles. The SMILES string of the molecule is COc1ccc(C(=O)CN2CCC3(CC2)OC(=O)Nc2ccccc23)cc1O. The van der Waals surface area contributed by atoms with Crippen molar-refractivity contribution in [1.82, 2.24) is 4.90 Å². The molecule has 7 nitrogen and oxygen atoms in total. The Morgan fingerprint density at radius 1 is 1.25 bits per heavy atom. The number of hydrogen-bond acceptors (Lipinski definition) is 6. The minimum Gasteiger partial charge on any atom is -0.504 e. The molecular weight excluding hydrogens is 360 g/mol. The fraction of sp³-hybridized carbons (Fsp3) is 0.333. The fourth-order valence-electron chi connectivity index (χ4n) is 3.96. The average Bonchev–Trinajstić information content (AvgIpc) is 2.69. The fourth-order valence-corrected chi connectivity index (χ4v) is 3.96. The number of carbonyl (C=O) groups excluding carboxylic acids is 2. The van der Waals surface area contributed by atoms with Gasteiger partial charge in [0.05, 0.1) is 19.3 Å². The van der Waals surface area contributed by atoms with E-state index in [0.717, 1.165) is 11.3 Å². The lowest BCUT2D eigenvalue weighted by Crippen LogP contribution is -2.49. The van der Waals surface area contributed by atoms with Gasteiger partial charge in [-0.1, -0.05) is 18.2 Å². The molecule has 0 atom stereocenters. The zero-order valence-electron chi connectivity index (χ0n) is 15.6. The lowest BCUT2D eigenvalue weighted by Gasteiger charge is -2.44. The zero-order chi connectivity index (χ0) is 19.7. The number of nitrogens with zero attached hydrogens (tertiary/aromatic N) is 1. The summed E-state index contributed by atoms with van der Waals surface area (Å²) in [6.07, 6.45) is 0.814. The molecule has 2 aliphatic heterocycles. The van der Waals surface area contributed by atoms with Gasteiger partial charge < -0.3 is 14.6 Å². The Labute approximate surface area is 162 Å². The number of amides is 1. The molecular formula is C21H22N2O5. The molecule has 0 aromatic heterocycles. The normalized spacial score (nSPS) is 18.1. The van der Waals surface area contributed by atoms with Gasteiger partial charge in [0.1, 0.15) is 5.60 Å². The van der Waals surface area contributed by atoms with Crippen molar-refractivity contribution in [2.24, 2.45) is 0 Å². The van der Waals surface area contributed by atoms with Crippen LogP contribution in [0.15, 0.2) is 42.5 Å². The minimum absolute atomic E-state index is 0.0517. The van der Waals surface area contributed by atoms with Crippen molar-refractivity contribution in [2.45, 2.75) is 18.4 Å². The van der Waals surface area contributed by atoms with E-state index in [1.165, 1.54) is 13.2 Å². The van der Waals surface area contributed by atoms with Crippen molar-refractivity contribution in [1.29, 1.82) is 0 Å². The summed E-state index contributed by atoms with van der Waals surface area (Å²) in [5, 5.41) is 12.6. The van der Waals surface area contributed by atoms with Crippen molar-refractivity contribution >= 4 is 17.6 Å². The third-order valence-electron chi connectivity index (χ3n) is 5.47. The summed E-state index contributed by atoms with van der Waals surface area (Å²) in [6, 6.07) is 12.3. The van der Waals surface area contributed by atoms with Gasteiger partial charge in [0.15, 0.2) is 17.3 Å². The number of ether oxygens (including phenoxy) is 2. The number of phenols is 1. The molecule has 2 aromatic carbocycles. The van der Waals surface area contributed by atoms with Gasteiger partial charge >= 0.3 is 6.09 Å². The van der Waals surface area contributed by atoms with Crippen LogP contribution in [-0.4, -0.2) is 48.6 Å². The van der Waals surface area contributed by atoms with E-state index in [2.05, 4.69) is 5.32 Å². The van der Waals surface area contributed by atoms with E-state index in [-0.39, 0.29) is 18.1 Å². The monoisotopic (exact) mass is 382 g/mol. The van der Waals surface area contributed by atoms with Gasteiger partial charge in [-0.2, -0.15) is 0 Å². The predicted octanol–water partition coefficient (Wildman–Crippen LogP) is 3.14. The Morgan fingerprint density at radius 2 is 2.00 bits per heavy atom. The molecule has 146 valence electrons. The molecule has 7 heteroatoms. The van der Waals surface area contributed by atoms with Crippen molar-refractivity contribution in [3.8, 4) is 11.5 Å². The molecule has 2 heterocycles. The number of nitrogens with one attached hydrogen (secondary N) is 1. The van der Waals surface area contributed by atoms with Crippen LogP contribution in [0.2, 0.25) is 0 Å². The Balaban J connectivity index is 1.44. The van der Waals surface area contributed by atoms with Crippen LogP contribution in [0.3, 0.4) is 0 Å². The van der Waals surface area contributed by atoms with Crippen molar-refractivity contribution in [2.75, 3.05) is 32.1 Å². The topological polar surface area (TPSA) is 88.1 Å². The van der Waals surface area contributed by atoms with Crippen LogP contribution in [-0.2, 0) is 10.3 Å². The summed E-state index contributed by atoms with van der Waals surface area (Å²) in [4.78, 5) is 26.6. The first-order valence-electron chi connectivity index (χ1n) is 9.23. The van der Waals surface area contributed by atoms with Crippen LogP contribution in [0.25, 0.3) is 0 Å². The number of methoxy groups -OCH3 is 1. The first kappa shape index (κ1) is 18.3. The predicted molar refractivity (Wildman–Crippen MR) is 103 cm³/mol. The molecule has 0 radical (unpaired) electrons. The summed E-state index contributed by atoms with van der Waals surface area (Å²) in [7, 11) is 1.46. The molecule has 2 N–H and O–H groups in total. The third kappa shape index (κ3) is 3.29. The van der Waals surface area contributed by atoms with Crippen LogP contribution < -0.4 is 10.1 Å². The quantitative estimate of drug-likeness (QED) is 0.790. The first-order chi connectivity index (χ1) is 13.5. The van der Waals surface area contributed by atoms with Gasteiger partial charge in [0, 0.05) is 37.1 Å². The third-order valence-corrected chi connectivity index (χ3v) is 5.47. The largest absolute Gasteiger partial charge is 0.504 e. The lowest BCUT2D eigenvalue weighted by atomic mass is 9.82. The van der Waals surface area contributed by atoms with Crippen LogP contribution in [0.4, 0.5) is 10.5 Å². The van der Waals surface area contributed by atoms with E-state index < -0.39 is 11.7 Å². The first-order valence-corrected chi connectivity index (χ1v) is 9.23. The number of anilines is 1. The molecule has 0 unspecified atom stereocenters. The van der Waals surface area contributed by atoms with Gasteiger partial charge in [-0.25, -0.2) is 4.79 Å². The molecule has 1 amide bonds. The van der Waals surface area contributed by atoms with Gasteiger partial charge in [-0.05, 0) is 24.3 Å². The number of para-hydroxylation sites is 1. The number of hydrogen-bond donors (Lipinski definition) is 2. The highest BCUT2D eigenvalue weighted by Gasteiger charge is 2.44. The highest BCUT2D eigenvalue weighted by Crippen LogP contribution is 2.43. The van der Waals surface area contributed by atoms with E-state index in [1.807, 2.05) is 29.2 Å². The summed E-state index contributed by atoms with van der Waals surface area (Å²) in [6.45, 7) is 1.51. The number of likely N-dealkylation sites (tertiary alicyclic amines) is 1. The Bertz CT molecular complexity index is 919. The number of Topliss-reactive ketones (excluding diaryl/α,β-unsaturated/α-hetero) is 1. The number of aromatic hydroxyl groups is 1. The van der Waals surface area contributed by atoms with Crippen LogP contribution in [0.1, 0.15) is 28.8 Å². The number of carbonyl (C=O) groups is 2. The van der Waals surface area contributed by atoms with E-state index >= 15 is 0 Å². The van der Waals surface area contributed by atoms with Crippen molar-refractivity contribution < 1.29 is 24.2 Å². The second kappa shape index (κ2) is 7.16. The molecule has 1 spiro atoms. The maximum atomic E-state index is 12.6. The lowest BCUT2D eigenvalue weighted by molar-refractivity contribution is -0.0366. The standard InChI is InChI=1S/C21H22N2O5/c1-27-19-7-6-14(12-17(19)24)18(25)13-23-10-8-21(9-11-23)15-4-2-3-5-16(15)22-20(26)28-21/h2-7,12,24H,8-11,13H2,1H3,(H,22,26). The van der Waals surface area contributed by atoms with E-state index in [9.17, 15) is 14.7 Å². The number of piperidine rings is 1. The average molecular weight is 382 g/mol. The van der Waals surface area contributed by atoms with Gasteiger partial charge in [-0.3, -0.25) is 15.0 Å².